The summed E-state index contributed by atoms with van der Waals surface area (Å²) in [5.74, 6) is 0.918. The molecule has 2 aromatic carbocycles. The van der Waals surface area contributed by atoms with Crippen LogP contribution in [-0.4, -0.2) is 13.2 Å². The highest BCUT2D eigenvalue weighted by molar-refractivity contribution is 5.26. The molecule has 1 atom stereocenters. The topological polar surface area (TPSA) is 25.8 Å². The van der Waals surface area contributed by atoms with E-state index in [1.54, 1.807) is 7.11 Å². The third kappa shape index (κ3) is 4.42. The average Bonchev–Trinajstić information content (AvgIpc) is 2.47. The number of nitrogens with two attached hydrogens (primary N) is 1. The molecule has 0 amide bonds. The first-order valence-electron chi connectivity index (χ1n) is 6.78. The summed E-state index contributed by atoms with van der Waals surface area (Å²) in [4.78, 5) is 0. The van der Waals surface area contributed by atoms with Crippen LogP contribution in [0.25, 0.3) is 0 Å². The molecule has 0 aromatic heterocycles. The number of ether oxygens (including phenoxy) is 1. The Bertz CT molecular complexity index is 478. The van der Waals surface area contributed by atoms with Gasteiger partial charge in [-0.1, -0.05) is 30.3 Å². The van der Waals surface area contributed by atoms with Crippen molar-refractivity contribution in [3.63, 3.8) is 0 Å². The first-order valence-corrected chi connectivity index (χ1v) is 6.78. The molecule has 0 heterocycles. The first-order chi connectivity index (χ1) is 9.28. The van der Waals surface area contributed by atoms with E-state index >= 15 is 0 Å². The lowest BCUT2D eigenvalue weighted by atomic mass is 10.1. The molecule has 19 heavy (non-hydrogen) atoms. The molecule has 0 aliphatic carbocycles. The van der Waals surface area contributed by atoms with Crippen molar-refractivity contribution in [3.05, 3.63) is 65.7 Å². The maximum Gasteiger partial charge on any atom is 0.118 e. The van der Waals surface area contributed by atoms with E-state index in [4.69, 9.17) is 4.74 Å². The molecule has 2 heteroatoms. The van der Waals surface area contributed by atoms with Crippen molar-refractivity contribution in [1.82, 2.24) is 0 Å². The van der Waals surface area contributed by atoms with Gasteiger partial charge in [-0.05, 0) is 36.8 Å². The quantitative estimate of drug-likeness (QED) is 0.843. The van der Waals surface area contributed by atoms with E-state index in [1.165, 1.54) is 11.1 Å². The average molecular weight is 256 g/mol. The second-order valence-corrected chi connectivity index (χ2v) is 4.95. The number of rotatable bonds is 6. The largest absolute Gasteiger partial charge is 0.497 e. The molecule has 0 spiro atoms. The molecule has 0 aliphatic rings. The molecule has 2 aromatic rings. The second kappa shape index (κ2) is 6.95. The summed E-state index contributed by atoms with van der Waals surface area (Å²) in [6.45, 7) is 3.29. The smallest absolute Gasteiger partial charge is 0.118 e. The third-order valence-corrected chi connectivity index (χ3v) is 3.32. The molecule has 0 aliphatic heterocycles. The zero-order valence-electron chi connectivity index (χ0n) is 11.7. The molecule has 0 saturated heterocycles. The standard InChI is InChI=1S/C17H21NO/c1-14(12-15-6-4-3-5-7-15)18-13-16-8-10-17(19-2)11-9-16/h3-11,14,18H,12-13H2,1-2H3/p+1/t14-/m0/s1. The summed E-state index contributed by atoms with van der Waals surface area (Å²) in [7, 11) is 1.70. The Hall–Kier alpha value is -1.80. The lowest BCUT2D eigenvalue weighted by Gasteiger charge is -2.11. The highest BCUT2D eigenvalue weighted by atomic mass is 16.5. The fraction of sp³-hybridized carbons (Fsp3) is 0.294. The first kappa shape index (κ1) is 13.6. The second-order valence-electron chi connectivity index (χ2n) is 4.95. The van der Waals surface area contributed by atoms with E-state index in [0.717, 1.165) is 18.7 Å². The van der Waals surface area contributed by atoms with Gasteiger partial charge in [-0.2, -0.15) is 0 Å². The summed E-state index contributed by atoms with van der Waals surface area (Å²) in [6, 6.07) is 19.5. The van der Waals surface area contributed by atoms with Crippen molar-refractivity contribution in [2.24, 2.45) is 0 Å². The van der Waals surface area contributed by atoms with Crippen LogP contribution >= 0.6 is 0 Å². The number of quaternary nitrogens is 1. The molecule has 0 bridgehead atoms. The van der Waals surface area contributed by atoms with Crippen LogP contribution in [0.4, 0.5) is 0 Å². The summed E-state index contributed by atoms with van der Waals surface area (Å²) in [5.41, 5.74) is 2.74. The van der Waals surface area contributed by atoms with Gasteiger partial charge in [0, 0.05) is 12.0 Å². The van der Waals surface area contributed by atoms with Gasteiger partial charge in [0.2, 0.25) is 0 Å². The van der Waals surface area contributed by atoms with Crippen molar-refractivity contribution < 1.29 is 10.1 Å². The maximum absolute atomic E-state index is 5.16. The highest BCUT2D eigenvalue weighted by Crippen LogP contribution is 2.10. The molecule has 2 N–H and O–H groups in total. The van der Waals surface area contributed by atoms with Crippen LogP contribution < -0.4 is 10.1 Å². The summed E-state index contributed by atoms with van der Waals surface area (Å²) >= 11 is 0. The minimum Gasteiger partial charge on any atom is -0.497 e. The molecule has 0 saturated carbocycles. The third-order valence-electron chi connectivity index (χ3n) is 3.32. The van der Waals surface area contributed by atoms with Crippen molar-refractivity contribution in [2.75, 3.05) is 7.11 Å². The summed E-state index contributed by atoms with van der Waals surface area (Å²) < 4.78 is 5.16. The van der Waals surface area contributed by atoms with Crippen LogP contribution in [0.1, 0.15) is 18.1 Å². The van der Waals surface area contributed by atoms with Gasteiger partial charge in [-0.25, -0.2) is 0 Å². The molecule has 0 unspecified atom stereocenters. The van der Waals surface area contributed by atoms with Crippen molar-refractivity contribution in [2.45, 2.75) is 25.9 Å². The van der Waals surface area contributed by atoms with Crippen LogP contribution in [0.15, 0.2) is 54.6 Å². The Kier molecular flexibility index (Phi) is 4.99. The Morgan fingerprint density at radius 1 is 0.947 bits per heavy atom. The molecule has 0 fully saturated rings. The molecule has 2 nitrogen and oxygen atoms in total. The van der Waals surface area contributed by atoms with Gasteiger partial charge in [0.25, 0.3) is 0 Å². The van der Waals surface area contributed by atoms with Crippen molar-refractivity contribution in [3.8, 4) is 5.75 Å². The van der Waals surface area contributed by atoms with E-state index in [9.17, 15) is 0 Å². The van der Waals surface area contributed by atoms with Gasteiger partial charge in [0.15, 0.2) is 0 Å². The molecule has 2 rings (SSSR count). The van der Waals surface area contributed by atoms with Crippen molar-refractivity contribution >= 4 is 0 Å². The predicted octanol–water partition coefficient (Wildman–Crippen LogP) is 2.39. The molecular weight excluding hydrogens is 234 g/mol. The zero-order chi connectivity index (χ0) is 13.5. The van der Waals surface area contributed by atoms with Gasteiger partial charge in [-0.3, -0.25) is 0 Å². The van der Waals surface area contributed by atoms with E-state index in [1.807, 2.05) is 12.1 Å². The molecule has 100 valence electrons. The van der Waals surface area contributed by atoms with E-state index in [-0.39, 0.29) is 0 Å². The lowest BCUT2D eigenvalue weighted by molar-refractivity contribution is -0.701. The summed E-state index contributed by atoms with van der Waals surface area (Å²) in [6.07, 6.45) is 1.11. The van der Waals surface area contributed by atoms with Gasteiger partial charge in [0.05, 0.1) is 13.2 Å². The van der Waals surface area contributed by atoms with Crippen LogP contribution in [0.3, 0.4) is 0 Å². The van der Waals surface area contributed by atoms with E-state index < -0.39 is 0 Å². The minimum atomic E-state index is 0.588. The fourth-order valence-corrected chi connectivity index (χ4v) is 2.17. The number of hydrogen-bond donors (Lipinski definition) is 1. The zero-order valence-corrected chi connectivity index (χ0v) is 11.7. The Balaban J connectivity index is 1.81. The van der Waals surface area contributed by atoms with Gasteiger partial charge in [0.1, 0.15) is 12.3 Å². The SMILES string of the molecule is COc1ccc(C[NH2+][C@@H](C)Cc2ccccc2)cc1. The fourth-order valence-electron chi connectivity index (χ4n) is 2.17. The Morgan fingerprint density at radius 3 is 2.26 bits per heavy atom. The van der Waals surface area contributed by atoms with Crippen LogP contribution in [0.2, 0.25) is 0 Å². The number of benzene rings is 2. The molecule has 0 radical (unpaired) electrons. The Morgan fingerprint density at radius 2 is 1.63 bits per heavy atom. The summed E-state index contributed by atoms with van der Waals surface area (Å²) in [5, 5.41) is 2.38. The molecular formula is C17H22NO+. The Labute approximate surface area is 115 Å². The normalized spacial score (nSPS) is 12.1. The van der Waals surface area contributed by atoms with Crippen LogP contribution in [0, 0.1) is 0 Å². The van der Waals surface area contributed by atoms with E-state index in [2.05, 4.69) is 54.7 Å². The van der Waals surface area contributed by atoms with Gasteiger partial charge >= 0.3 is 0 Å². The highest BCUT2D eigenvalue weighted by Gasteiger charge is 2.06. The number of methoxy groups -OCH3 is 1. The number of hydrogen-bond acceptors (Lipinski definition) is 1. The predicted molar refractivity (Wildman–Crippen MR) is 78.2 cm³/mol. The lowest BCUT2D eigenvalue weighted by Crippen LogP contribution is -2.88. The van der Waals surface area contributed by atoms with Gasteiger partial charge in [-0.15, -0.1) is 0 Å². The van der Waals surface area contributed by atoms with E-state index in [0.29, 0.717) is 6.04 Å². The van der Waals surface area contributed by atoms with Crippen LogP contribution in [-0.2, 0) is 13.0 Å². The van der Waals surface area contributed by atoms with Crippen LogP contribution in [0.5, 0.6) is 5.75 Å². The van der Waals surface area contributed by atoms with Gasteiger partial charge < -0.3 is 10.1 Å². The minimum absolute atomic E-state index is 0.588. The maximum atomic E-state index is 5.16. The van der Waals surface area contributed by atoms with Crippen molar-refractivity contribution in [1.29, 1.82) is 0 Å². The monoisotopic (exact) mass is 256 g/mol.